The molecule has 3 aromatic carbocycles. The number of halogens is 1. The summed E-state index contributed by atoms with van der Waals surface area (Å²) < 4.78 is 11.8. The van der Waals surface area contributed by atoms with E-state index in [1.54, 1.807) is 24.3 Å². The van der Waals surface area contributed by atoms with Gasteiger partial charge in [-0.25, -0.2) is 0 Å². The molecule has 1 fully saturated rings. The van der Waals surface area contributed by atoms with Gasteiger partial charge in [-0.15, -0.1) is 0 Å². The number of hydrogen-bond acceptors (Lipinski definition) is 5. The molecule has 1 aliphatic heterocycles. The average molecular weight is 536 g/mol. The summed E-state index contributed by atoms with van der Waals surface area (Å²) in [5.41, 5.74) is 3.43. The summed E-state index contributed by atoms with van der Waals surface area (Å²) in [6.45, 7) is 2.94. The van der Waals surface area contributed by atoms with Crippen LogP contribution in [0.3, 0.4) is 0 Å². The highest BCUT2D eigenvalue weighted by Crippen LogP contribution is 2.40. The summed E-state index contributed by atoms with van der Waals surface area (Å²) in [6, 6.07) is 21.5. The standard InChI is InChI=1S/C28H26BrNO5/c1-18-6-3-4-7-21(18)17-35-23-12-10-19(11-13-23)26(31)24-25(20-8-5-9-22(29)16-20)30(14-15-34-2)28(33)27(24)32/h3-13,16,25,31H,14-15,17H2,1-2H3/b26-24+. The maximum atomic E-state index is 13.0. The lowest BCUT2D eigenvalue weighted by Gasteiger charge is -2.25. The van der Waals surface area contributed by atoms with Crippen molar-refractivity contribution < 1.29 is 24.2 Å². The van der Waals surface area contributed by atoms with E-state index in [1.807, 2.05) is 55.5 Å². The lowest BCUT2D eigenvalue weighted by molar-refractivity contribution is -0.140. The quantitative estimate of drug-likeness (QED) is 0.237. The van der Waals surface area contributed by atoms with E-state index in [4.69, 9.17) is 9.47 Å². The van der Waals surface area contributed by atoms with Gasteiger partial charge in [-0.1, -0.05) is 52.3 Å². The van der Waals surface area contributed by atoms with E-state index in [0.717, 1.165) is 21.2 Å². The van der Waals surface area contributed by atoms with E-state index in [1.165, 1.54) is 12.0 Å². The Morgan fingerprint density at radius 1 is 1.03 bits per heavy atom. The van der Waals surface area contributed by atoms with Crippen LogP contribution in [0.1, 0.15) is 28.3 Å². The highest BCUT2D eigenvalue weighted by Gasteiger charge is 2.45. The number of amides is 1. The van der Waals surface area contributed by atoms with Crippen molar-refractivity contribution in [2.24, 2.45) is 0 Å². The van der Waals surface area contributed by atoms with E-state index in [-0.39, 0.29) is 24.5 Å². The van der Waals surface area contributed by atoms with Crippen LogP contribution in [0.25, 0.3) is 5.76 Å². The molecule has 1 atom stereocenters. The number of likely N-dealkylation sites (tertiary alicyclic amines) is 1. The molecule has 0 radical (unpaired) electrons. The van der Waals surface area contributed by atoms with Crippen molar-refractivity contribution in [3.05, 3.63) is 105 Å². The number of ketones is 1. The molecular weight excluding hydrogens is 510 g/mol. The van der Waals surface area contributed by atoms with Gasteiger partial charge in [0.25, 0.3) is 11.7 Å². The van der Waals surface area contributed by atoms with E-state index < -0.39 is 17.7 Å². The molecule has 1 heterocycles. The molecule has 1 N–H and O–H groups in total. The molecule has 4 rings (SSSR count). The van der Waals surface area contributed by atoms with Crippen LogP contribution in [0.4, 0.5) is 0 Å². The van der Waals surface area contributed by atoms with Crippen molar-refractivity contribution >= 4 is 33.4 Å². The topological polar surface area (TPSA) is 76.1 Å². The van der Waals surface area contributed by atoms with Gasteiger partial charge < -0.3 is 19.5 Å². The first kappa shape index (κ1) is 24.7. The van der Waals surface area contributed by atoms with Gasteiger partial charge in [0.1, 0.15) is 18.1 Å². The van der Waals surface area contributed by atoms with Crippen molar-refractivity contribution in [2.45, 2.75) is 19.6 Å². The molecule has 7 heteroatoms. The average Bonchev–Trinajstić information content (AvgIpc) is 3.12. The molecule has 1 amide bonds. The first-order valence-electron chi connectivity index (χ1n) is 11.2. The molecule has 180 valence electrons. The Labute approximate surface area is 212 Å². The normalized spacial score (nSPS) is 17.1. The largest absolute Gasteiger partial charge is 0.507 e. The number of rotatable bonds is 8. The summed E-state index contributed by atoms with van der Waals surface area (Å²) in [6.07, 6.45) is 0. The molecule has 1 aliphatic rings. The zero-order chi connectivity index (χ0) is 24.9. The van der Waals surface area contributed by atoms with E-state index in [9.17, 15) is 14.7 Å². The Hall–Kier alpha value is -3.42. The van der Waals surface area contributed by atoms with Crippen LogP contribution in [0.2, 0.25) is 0 Å². The van der Waals surface area contributed by atoms with Gasteiger partial charge in [0.15, 0.2) is 0 Å². The van der Waals surface area contributed by atoms with Crippen LogP contribution in [0, 0.1) is 6.92 Å². The van der Waals surface area contributed by atoms with Crippen molar-refractivity contribution in [1.29, 1.82) is 0 Å². The number of aliphatic hydroxyl groups is 1. The monoisotopic (exact) mass is 535 g/mol. The third-order valence-electron chi connectivity index (χ3n) is 6.02. The maximum absolute atomic E-state index is 13.0. The minimum atomic E-state index is -0.723. The molecule has 0 spiro atoms. The van der Waals surface area contributed by atoms with Crippen LogP contribution in [0.5, 0.6) is 5.75 Å². The second-order valence-corrected chi connectivity index (χ2v) is 9.20. The maximum Gasteiger partial charge on any atom is 0.295 e. The fourth-order valence-corrected chi connectivity index (χ4v) is 4.54. The van der Waals surface area contributed by atoms with Crippen LogP contribution < -0.4 is 4.74 Å². The summed E-state index contributed by atoms with van der Waals surface area (Å²) in [4.78, 5) is 27.3. The third-order valence-corrected chi connectivity index (χ3v) is 6.52. The van der Waals surface area contributed by atoms with Gasteiger partial charge in [0.2, 0.25) is 0 Å². The zero-order valence-corrected chi connectivity index (χ0v) is 21.1. The number of carbonyl (C=O) groups excluding carboxylic acids is 2. The van der Waals surface area contributed by atoms with Gasteiger partial charge in [-0.3, -0.25) is 9.59 Å². The molecule has 1 saturated heterocycles. The third kappa shape index (κ3) is 5.31. The lowest BCUT2D eigenvalue weighted by Crippen LogP contribution is -2.32. The predicted octanol–water partition coefficient (Wildman–Crippen LogP) is 5.40. The second kappa shape index (κ2) is 10.9. The molecule has 6 nitrogen and oxygen atoms in total. The Kier molecular flexibility index (Phi) is 7.68. The lowest BCUT2D eigenvalue weighted by atomic mass is 9.95. The van der Waals surface area contributed by atoms with Gasteiger partial charge in [0, 0.05) is 23.7 Å². The van der Waals surface area contributed by atoms with Crippen molar-refractivity contribution in [3.63, 3.8) is 0 Å². The zero-order valence-electron chi connectivity index (χ0n) is 19.5. The number of benzene rings is 3. The highest BCUT2D eigenvalue weighted by molar-refractivity contribution is 9.10. The van der Waals surface area contributed by atoms with Crippen LogP contribution in [-0.4, -0.2) is 42.0 Å². The predicted molar refractivity (Wildman–Crippen MR) is 137 cm³/mol. The fourth-order valence-electron chi connectivity index (χ4n) is 4.12. The Morgan fingerprint density at radius 2 is 1.77 bits per heavy atom. The molecule has 0 bridgehead atoms. The van der Waals surface area contributed by atoms with E-state index in [2.05, 4.69) is 15.9 Å². The molecule has 0 saturated carbocycles. The number of nitrogens with zero attached hydrogens (tertiary/aromatic N) is 1. The minimum Gasteiger partial charge on any atom is -0.507 e. The number of methoxy groups -OCH3 is 1. The first-order valence-corrected chi connectivity index (χ1v) is 12.0. The number of aryl methyl sites for hydroxylation is 1. The Balaban J connectivity index is 1.65. The van der Waals surface area contributed by atoms with Gasteiger partial charge in [-0.2, -0.15) is 0 Å². The number of carbonyl (C=O) groups is 2. The summed E-state index contributed by atoms with van der Waals surface area (Å²) >= 11 is 3.45. The van der Waals surface area contributed by atoms with E-state index >= 15 is 0 Å². The number of ether oxygens (including phenoxy) is 2. The second-order valence-electron chi connectivity index (χ2n) is 8.28. The molecule has 35 heavy (non-hydrogen) atoms. The summed E-state index contributed by atoms with van der Waals surface area (Å²) in [5.74, 6) is -0.970. The molecule has 0 aliphatic carbocycles. The SMILES string of the molecule is COCCN1C(=O)C(=O)/C(=C(/O)c2ccc(OCc3ccccc3C)cc2)C1c1cccc(Br)c1. The van der Waals surface area contributed by atoms with Crippen molar-refractivity contribution in [3.8, 4) is 5.75 Å². The van der Waals surface area contributed by atoms with E-state index in [0.29, 0.717) is 17.9 Å². The van der Waals surface area contributed by atoms with Gasteiger partial charge in [-0.05, 0) is 60.0 Å². The van der Waals surface area contributed by atoms with Gasteiger partial charge >= 0.3 is 0 Å². The Bertz CT molecular complexity index is 1270. The van der Waals surface area contributed by atoms with Crippen LogP contribution in [0.15, 0.2) is 82.8 Å². The summed E-state index contributed by atoms with van der Waals surface area (Å²) in [5, 5.41) is 11.2. The number of aliphatic hydroxyl groups excluding tert-OH is 1. The molecule has 3 aromatic rings. The summed E-state index contributed by atoms with van der Waals surface area (Å²) in [7, 11) is 1.54. The van der Waals surface area contributed by atoms with Crippen molar-refractivity contribution in [1.82, 2.24) is 4.90 Å². The fraction of sp³-hybridized carbons (Fsp3) is 0.214. The Morgan fingerprint density at radius 3 is 2.46 bits per heavy atom. The highest BCUT2D eigenvalue weighted by atomic mass is 79.9. The van der Waals surface area contributed by atoms with Gasteiger partial charge in [0.05, 0.1) is 18.2 Å². The molecular formula is C28H26BrNO5. The van der Waals surface area contributed by atoms with Crippen LogP contribution in [-0.2, 0) is 20.9 Å². The number of hydrogen-bond donors (Lipinski definition) is 1. The number of Topliss-reactive ketones (excluding diaryl/α,β-unsaturated/α-hetero) is 1. The minimum absolute atomic E-state index is 0.0535. The van der Waals surface area contributed by atoms with Crippen molar-refractivity contribution in [2.75, 3.05) is 20.3 Å². The molecule has 1 unspecified atom stereocenters. The molecule has 0 aromatic heterocycles. The first-order chi connectivity index (χ1) is 16.9. The van der Waals surface area contributed by atoms with Crippen LogP contribution >= 0.6 is 15.9 Å². The smallest absolute Gasteiger partial charge is 0.295 e.